The van der Waals surface area contributed by atoms with Crippen LogP contribution in [-0.2, 0) is 6.54 Å². The molecule has 4 heteroatoms. The molecule has 1 aromatic heterocycles. The lowest BCUT2D eigenvalue weighted by Crippen LogP contribution is -2.20. The Labute approximate surface area is 184 Å². The zero-order chi connectivity index (χ0) is 20.7. The van der Waals surface area contributed by atoms with Crippen LogP contribution in [0.3, 0.4) is 0 Å². The molecule has 1 saturated heterocycles. The Morgan fingerprint density at radius 1 is 0.967 bits per heavy atom. The van der Waals surface area contributed by atoms with Gasteiger partial charge in [0.1, 0.15) is 0 Å². The second-order valence-corrected chi connectivity index (χ2v) is 9.69. The highest BCUT2D eigenvalue weighted by Crippen LogP contribution is 2.45. The molecule has 0 amide bonds. The third-order valence-corrected chi connectivity index (χ3v) is 6.80. The van der Waals surface area contributed by atoms with Gasteiger partial charge in [0.05, 0.1) is 5.69 Å². The van der Waals surface area contributed by atoms with E-state index in [1.807, 2.05) is 6.07 Å². The van der Waals surface area contributed by atoms with Crippen LogP contribution in [0.2, 0.25) is 5.02 Å². The number of halogens is 1. The lowest BCUT2D eigenvalue weighted by Gasteiger charge is -2.22. The predicted molar refractivity (Wildman–Crippen MR) is 123 cm³/mol. The maximum atomic E-state index is 6.39. The molecule has 2 heterocycles. The summed E-state index contributed by atoms with van der Waals surface area (Å²) in [6.07, 6.45) is 2.58. The van der Waals surface area contributed by atoms with Crippen LogP contribution in [0.15, 0.2) is 60.7 Å². The van der Waals surface area contributed by atoms with Gasteiger partial charge in [0.15, 0.2) is 0 Å². The fraction of sp³-hybridized carbons (Fsp3) is 0.423. The standard InChI is InChI=1S/C26H30ClN3/c1-18(2)30-26(14-25(28-30)20-11-12-20)24-17-29(15-19-7-4-3-5-8-19)16-23(24)21-9-6-10-22(27)13-21/h3-10,13-14,18,20,23-24H,11-12,15-17H2,1-2H3. The van der Waals surface area contributed by atoms with Crippen molar-refractivity contribution < 1.29 is 0 Å². The number of hydrogen-bond donors (Lipinski definition) is 0. The second kappa shape index (κ2) is 8.20. The third kappa shape index (κ3) is 4.06. The van der Waals surface area contributed by atoms with E-state index in [0.29, 0.717) is 23.8 Å². The van der Waals surface area contributed by atoms with Crippen molar-refractivity contribution in [3.05, 3.63) is 88.2 Å². The van der Waals surface area contributed by atoms with E-state index < -0.39 is 0 Å². The molecule has 2 fully saturated rings. The first-order chi connectivity index (χ1) is 14.6. The Balaban J connectivity index is 1.50. The quantitative estimate of drug-likeness (QED) is 0.462. The van der Waals surface area contributed by atoms with Gasteiger partial charge in [-0.3, -0.25) is 9.58 Å². The van der Waals surface area contributed by atoms with Gasteiger partial charge in [-0.15, -0.1) is 0 Å². The summed E-state index contributed by atoms with van der Waals surface area (Å²) < 4.78 is 2.29. The van der Waals surface area contributed by atoms with Crippen molar-refractivity contribution in [2.75, 3.05) is 13.1 Å². The van der Waals surface area contributed by atoms with E-state index in [0.717, 1.165) is 24.7 Å². The highest BCUT2D eigenvalue weighted by molar-refractivity contribution is 6.30. The second-order valence-electron chi connectivity index (χ2n) is 9.25. The van der Waals surface area contributed by atoms with E-state index in [9.17, 15) is 0 Å². The Morgan fingerprint density at radius 2 is 1.73 bits per heavy atom. The van der Waals surface area contributed by atoms with E-state index in [-0.39, 0.29) is 0 Å². The smallest absolute Gasteiger partial charge is 0.0658 e. The van der Waals surface area contributed by atoms with Gasteiger partial charge in [0, 0.05) is 54.1 Å². The molecule has 0 spiro atoms. The molecule has 0 radical (unpaired) electrons. The van der Waals surface area contributed by atoms with Gasteiger partial charge >= 0.3 is 0 Å². The maximum absolute atomic E-state index is 6.39. The van der Waals surface area contributed by atoms with Crippen LogP contribution in [0.1, 0.15) is 73.0 Å². The number of likely N-dealkylation sites (tertiary alicyclic amines) is 1. The van der Waals surface area contributed by atoms with Gasteiger partial charge in [-0.05, 0) is 56.0 Å². The molecule has 1 aliphatic heterocycles. The molecule has 5 rings (SSSR count). The monoisotopic (exact) mass is 419 g/mol. The third-order valence-electron chi connectivity index (χ3n) is 6.57. The molecule has 2 unspecified atom stereocenters. The Bertz CT molecular complexity index is 1010. The number of benzene rings is 2. The van der Waals surface area contributed by atoms with Gasteiger partial charge in [0.2, 0.25) is 0 Å². The minimum Gasteiger partial charge on any atom is -0.298 e. The summed E-state index contributed by atoms with van der Waals surface area (Å²) in [5.74, 6) is 1.53. The van der Waals surface area contributed by atoms with E-state index in [1.165, 1.54) is 35.4 Å². The first-order valence-electron chi connectivity index (χ1n) is 11.2. The lowest BCUT2D eigenvalue weighted by atomic mass is 9.86. The van der Waals surface area contributed by atoms with Crippen molar-refractivity contribution in [2.45, 2.75) is 57.0 Å². The van der Waals surface area contributed by atoms with Crippen molar-refractivity contribution in [1.29, 1.82) is 0 Å². The van der Waals surface area contributed by atoms with Crippen molar-refractivity contribution in [3.8, 4) is 0 Å². The van der Waals surface area contributed by atoms with Gasteiger partial charge in [-0.1, -0.05) is 54.1 Å². The molecule has 0 bridgehead atoms. The SMILES string of the molecule is CC(C)n1nc(C2CC2)cc1C1CN(Cc2ccccc2)CC1c1cccc(Cl)c1. The summed E-state index contributed by atoms with van der Waals surface area (Å²) >= 11 is 6.39. The van der Waals surface area contributed by atoms with E-state index in [4.69, 9.17) is 16.7 Å². The minimum absolute atomic E-state index is 0.371. The van der Waals surface area contributed by atoms with Gasteiger partial charge < -0.3 is 0 Å². The molecule has 0 N–H and O–H groups in total. The van der Waals surface area contributed by atoms with Crippen molar-refractivity contribution in [1.82, 2.24) is 14.7 Å². The Hall–Kier alpha value is -2.10. The van der Waals surface area contributed by atoms with Crippen LogP contribution in [0.25, 0.3) is 0 Å². The first kappa shape index (κ1) is 19.8. The van der Waals surface area contributed by atoms with Crippen LogP contribution in [0.5, 0.6) is 0 Å². The minimum atomic E-state index is 0.371. The van der Waals surface area contributed by atoms with E-state index in [1.54, 1.807) is 0 Å². The van der Waals surface area contributed by atoms with E-state index in [2.05, 4.69) is 78.0 Å². The Kier molecular flexibility index (Phi) is 5.43. The predicted octanol–water partition coefficient (Wildman–Crippen LogP) is 6.38. The number of aromatic nitrogens is 2. The Morgan fingerprint density at radius 3 is 2.43 bits per heavy atom. The van der Waals surface area contributed by atoms with Crippen LogP contribution < -0.4 is 0 Å². The molecule has 3 aromatic rings. The number of rotatable bonds is 6. The summed E-state index contributed by atoms with van der Waals surface area (Å²) in [4.78, 5) is 2.60. The molecule has 2 aromatic carbocycles. The average Bonchev–Trinajstić information content (AvgIpc) is 3.35. The number of nitrogens with zero attached hydrogens (tertiary/aromatic N) is 3. The first-order valence-corrected chi connectivity index (χ1v) is 11.6. The molecular formula is C26H30ClN3. The molecule has 30 heavy (non-hydrogen) atoms. The topological polar surface area (TPSA) is 21.1 Å². The van der Waals surface area contributed by atoms with Gasteiger partial charge in [0.25, 0.3) is 0 Å². The highest BCUT2D eigenvalue weighted by atomic mass is 35.5. The van der Waals surface area contributed by atoms with Crippen molar-refractivity contribution in [2.24, 2.45) is 0 Å². The fourth-order valence-electron chi connectivity index (χ4n) is 4.93. The van der Waals surface area contributed by atoms with Gasteiger partial charge in [-0.25, -0.2) is 0 Å². The summed E-state index contributed by atoms with van der Waals surface area (Å²) in [7, 11) is 0. The fourth-order valence-corrected chi connectivity index (χ4v) is 5.13. The normalized spacial score (nSPS) is 22.1. The maximum Gasteiger partial charge on any atom is 0.0658 e. The van der Waals surface area contributed by atoms with Crippen molar-refractivity contribution in [3.63, 3.8) is 0 Å². The molecule has 1 aliphatic carbocycles. The zero-order valence-corrected chi connectivity index (χ0v) is 18.6. The zero-order valence-electron chi connectivity index (χ0n) is 17.8. The lowest BCUT2D eigenvalue weighted by molar-refractivity contribution is 0.322. The van der Waals surface area contributed by atoms with Crippen molar-refractivity contribution >= 4 is 11.6 Å². The average molecular weight is 420 g/mol. The van der Waals surface area contributed by atoms with Crippen LogP contribution in [0.4, 0.5) is 0 Å². The molecular weight excluding hydrogens is 390 g/mol. The van der Waals surface area contributed by atoms with Crippen LogP contribution in [0, 0.1) is 0 Å². The molecule has 1 saturated carbocycles. The summed E-state index contributed by atoms with van der Waals surface area (Å²) in [5.41, 5.74) is 5.41. The molecule has 2 aliphatic rings. The summed E-state index contributed by atoms with van der Waals surface area (Å²) in [6.45, 7) is 7.58. The largest absolute Gasteiger partial charge is 0.298 e. The highest BCUT2D eigenvalue weighted by Gasteiger charge is 2.38. The summed E-state index contributed by atoms with van der Waals surface area (Å²) in [6, 6.07) is 22.0. The molecule has 3 nitrogen and oxygen atoms in total. The number of hydrogen-bond acceptors (Lipinski definition) is 2. The van der Waals surface area contributed by atoms with Crippen LogP contribution in [-0.4, -0.2) is 27.8 Å². The van der Waals surface area contributed by atoms with E-state index >= 15 is 0 Å². The molecule has 2 atom stereocenters. The van der Waals surface area contributed by atoms with Gasteiger partial charge in [-0.2, -0.15) is 5.10 Å². The summed E-state index contributed by atoms with van der Waals surface area (Å²) in [5, 5.41) is 5.87. The van der Waals surface area contributed by atoms with Crippen LogP contribution >= 0.6 is 11.6 Å². The molecule has 156 valence electrons.